The van der Waals surface area contributed by atoms with Crippen LogP contribution in [0.25, 0.3) is 11.3 Å². The number of methoxy groups -OCH3 is 1. The molecule has 0 saturated carbocycles. The highest BCUT2D eigenvalue weighted by molar-refractivity contribution is 7.14. The normalized spacial score (nSPS) is 16.3. The highest BCUT2D eigenvalue weighted by Crippen LogP contribution is 2.40. The molecular weight excluding hydrogens is 458 g/mol. The van der Waals surface area contributed by atoms with Crippen molar-refractivity contribution in [2.24, 2.45) is 16.9 Å². The number of carbonyl (C=O) groups is 1. The third kappa shape index (κ3) is 4.31. The molecule has 1 aromatic heterocycles. The number of hydrogen-bond acceptors (Lipinski definition) is 7. The summed E-state index contributed by atoms with van der Waals surface area (Å²) < 4.78 is 5.19. The fourth-order valence-electron chi connectivity index (χ4n) is 3.84. The monoisotopic (exact) mass is 475 g/mol. The number of anilines is 1. The van der Waals surface area contributed by atoms with Gasteiger partial charge in [-0.1, -0.05) is 23.7 Å². The number of aromatic nitrogens is 1. The van der Waals surface area contributed by atoms with E-state index in [1.807, 2.05) is 41.8 Å². The maximum Gasteiger partial charge on any atom is 0.259 e. The molecule has 2 aromatic carbocycles. The molecule has 0 spiro atoms. The van der Waals surface area contributed by atoms with Crippen LogP contribution in [0.4, 0.5) is 5.13 Å². The first kappa shape index (κ1) is 22.5. The molecule has 0 aliphatic carbocycles. The average molecular weight is 476 g/mol. The maximum atomic E-state index is 13.5. The van der Waals surface area contributed by atoms with Crippen LogP contribution in [0.1, 0.15) is 18.4 Å². The van der Waals surface area contributed by atoms with Crippen LogP contribution in [0.15, 0.2) is 59.0 Å². The molecule has 2 heterocycles. The van der Waals surface area contributed by atoms with E-state index in [-0.39, 0.29) is 5.91 Å². The van der Waals surface area contributed by atoms with E-state index in [0.29, 0.717) is 27.1 Å². The summed E-state index contributed by atoms with van der Waals surface area (Å²) in [4.78, 5) is 18.1. The molecule has 1 aliphatic heterocycles. The molecule has 7 nitrogen and oxygen atoms in total. The van der Waals surface area contributed by atoms with Crippen LogP contribution in [0, 0.1) is 34.5 Å². The number of hydrogen-bond donors (Lipinski definition) is 0. The summed E-state index contributed by atoms with van der Waals surface area (Å²) in [7, 11) is 1.60. The van der Waals surface area contributed by atoms with E-state index in [1.165, 1.54) is 16.3 Å². The van der Waals surface area contributed by atoms with Crippen molar-refractivity contribution in [3.63, 3.8) is 0 Å². The molecule has 3 aromatic rings. The van der Waals surface area contributed by atoms with Gasteiger partial charge in [0.1, 0.15) is 11.7 Å². The van der Waals surface area contributed by atoms with Crippen molar-refractivity contribution in [2.45, 2.75) is 12.8 Å². The van der Waals surface area contributed by atoms with Gasteiger partial charge in [0.05, 0.1) is 30.9 Å². The predicted molar refractivity (Wildman–Crippen MR) is 127 cm³/mol. The van der Waals surface area contributed by atoms with Crippen molar-refractivity contribution in [2.75, 3.05) is 12.1 Å². The van der Waals surface area contributed by atoms with Crippen molar-refractivity contribution in [1.82, 2.24) is 4.98 Å². The van der Waals surface area contributed by atoms with E-state index in [9.17, 15) is 15.3 Å². The standard InChI is InChI=1S/C24H18ClN5O2S/c1-14-21(22(17(11-26)12-27)16-3-7-18(25)8-4-16)23(31)30(29-14)24-28-20(13-33-24)15-5-9-19(32-2)10-6-15/h3-10,13,17,21-22H,1-2H3/t21-,22+/m1/s1. The summed E-state index contributed by atoms with van der Waals surface area (Å²) in [5.41, 5.74) is 2.80. The number of hydrazone groups is 1. The second-order valence-corrected chi connectivity index (χ2v) is 8.70. The third-order valence-corrected chi connectivity index (χ3v) is 6.56. The molecule has 0 radical (unpaired) electrons. The van der Waals surface area contributed by atoms with Crippen LogP contribution >= 0.6 is 22.9 Å². The Labute approximate surface area is 200 Å². The van der Waals surface area contributed by atoms with Gasteiger partial charge in [-0.25, -0.2) is 4.98 Å². The number of rotatable bonds is 6. The molecule has 4 rings (SSSR count). The van der Waals surface area contributed by atoms with E-state index >= 15 is 0 Å². The number of amides is 1. The molecule has 0 saturated heterocycles. The summed E-state index contributed by atoms with van der Waals surface area (Å²) in [5, 5.41) is 27.8. The molecule has 2 atom stereocenters. The zero-order valence-electron chi connectivity index (χ0n) is 17.8. The van der Waals surface area contributed by atoms with Crippen molar-refractivity contribution in [3.8, 4) is 29.1 Å². The van der Waals surface area contributed by atoms with Crippen molar-refractivity contribution < 1.29 is 9.53 Å². The van der Waals surface area contributed by atoms with Crippen LogP contribution in [0.3, 0.4) is 0 Å². The molecule has 1 aliphatic rings. The number of nitriles is 2. The summed E-state index contributed by atoms with van der Waals surface area (Å²) in [6.07, 6.45) is 0. The Morgan fingerprint density at radius 2 is 1.79 bits per heavy atom. The molecular formula is C24H18ClN5O2S. The maximum absolute atomic E-state index is 13.5. The highest BCUT2D eigenvalue weighted by atomic mass is 35.5. The van der Waals surface area contributed by atoms with Gasteiger partial charge in [-0.15, -0.1) is 11.3 Å². The number of carbonyl (C=O) groups excluding carboxylic acids is 1. The molecule has 0 fully saturated rings. The molecule has 0 bridgehead atoms. The fourth-order valence-corrected chi connectivity index (χ4v) is 4.75. The number of ether oxygens (including phenoxy) is 1. The third-order valence-electron chi connectivity index (χ3n) is 5.49. The molecule has 1 amide bonds. The lowest BCUT2D eigenvalue weighted by Gasteiger charge is -2.24. The van der Waals surface area contributed by atoms with Gasteiger partial charge in [0.2, 0.25) is 5.13 Å². The second kappa shape index (κ2) is 9.41. The topological polar surface area (TPSA) is 102 Å². The number of thiazole rings is 1. The smallest absolute Gasteiger partial charge is 0.259 e. The van der Waals surface area contributed by atoms with Gasteiger partial charge in [-0.3, -0.25) is 4.79 Å². The zero-order chi connectivity index (χ0) is 23.5. The highest BCUT2D eigenvalue weighted by Gasteiger charge is 2.45. The molecule has 9 heteroatoms. The van der Waals surface area contributed by atoms with Gasteiger partial charge in [0.25, 0.3) is 5.91 Å². The summed E-state index contributed by atoms with van der Waals surface area (Å²) in [6, 6.07) is 18.4. The Bertz CT molecular complexity index is 1270. The lowest BCUT2D eigenvalue weighted by Crippen LogP contribution is -2.34. The quantitative estimate of drug-likeness (QED) is 0.484. The SMILES string of the molecule is COc1ccc(-c2csc(N3N=C(C)[C@H]([C@@H](c4ccc(Cl)cc4)C(C#N)C#N)C3=O)n2)cc1. The van der Waals surface area contributed by atoms with Crippen LogP contribution in [-0.4, -0.2) is 23.7 Å². The van der Waals surface area contributed by atoms with E-state index in [0.717, 1.165) is 11.3 Å². The van der Waals surface area contributed by atoms with Crippen LogP contribution in [0.2, 0.25) is 5.02 Å². The minimum atomic E-state index is -1.03. The predicted octanol–water partition coefficient (Wildman–Crippen LogP) is 5.26. The van der Waals surface area contributed by atoms with Crippen molar-refractivity contribution >= 4 is 39.7 Å². The van der Waals surface area contributed by atoms with E-state index in [2.05, 4.69) is 10.1 Å². The van der Waals surface area contributed by atoms with Crippen LogP contribution < -0.4 is 9.75 Å². The number of halogens is 1. The lowest BCUT2D eigenvalue weighted by molar-refractivity contribution is -0.120. The fraction of sp³-hybridized carbons (Fsp3) is 0.208. The first-order valence-electron chi connectivity index (χ1n) is 10.0. The molecule has 33 heavy (non-hydrogen) atoms. The van der Waals surface area contributed by atoms with Crippen LogP contribution in [0.5, 0.6) is 5.75 Å². The summed E-state index contributed by atoms with van der Waals surface area (Å²) in [6.45, 7) is 1.73. The van der Waals surface area contributed by atoms with Gasteiger partial charge in [0, 0.05) is 27.6 Å². The van der Waals surface area contributed by atoms with Crippen molar-refractivity contribution in [3.05, 3.63) is 64.5 Å². The molecule has 164 valence electrons. The minimum Gasteiger partial charge on any atom is -0.497 e. The Morgan fingerprint density at radius 3 is 2.39 bits per heavy atom. The summed E-state index contributed by atoms with van der Waals surface area (Å²) >= 11 is 7.31. The van der Waals surface area contributed by atoms with Gasteiger partial charge >= 0.3 is 0 Å². The average Bonchev–Trinajstić information content (AvgIpc) is 3.43. The Morgan fingerprint density at radius 1 is 1.12 bits per heavy atom. The van der Waals surface area contributed by atoms with E-state index in [1.54, 1.807) is 38.3 Å². The number of benzene rings is 2. The Hall–Kier alpha value is -3.72. The summed E-state index contributed by atoms with van der Waals surface area (Å²) in [5.74, 6) is -2.05. The largest absolute Gasteiger partial charge is 0.497 e. The lowest BCUT2D eigenvalue weighted by atomic mass is 9.76. The van der Waals surface area contributed by atoms with E-state index < -0.39 is 17.8 Å². The van der Waals surface area contributed by atoms with Gasteiger partial charge in [0.15, 0.2) is 0 Å². The zero-order valence-corrected chi connectivity index (χ0v) is 19.3. The molecule has 0 N–H and O–H groups in total. The Kier molecular flexibility index (Phi) is 6.41. The van der Waals surface area contributed by atoms with Gasteiger partial charge in [-0.2, -0.15) is 20.6 Å². The Balaban J connectivity index is 1.66. The van der Waals surface area contributed by atoms with E-state index in [4.69, 9.17) is 16.3 Å². The van der Waals surface area contributed by atoms with Crippen molar-refractivity contribution in [1.29, 1.82) is 10.5 Å². The second-order valence-electron chi connectivity index (χ2n) is 7.43. The molecule has 0 unspecified atom stereocenters. The minimum absolute atomic E-state index is 0.321. The van der Waals surface area contributed by atoms with Gasteiger partial charge in [-0.05, 0) is 48.9 Å². The first-order chi connectivity index (χ1) is 16.0. The van der Waals surface area contributed by atoms with Gasteiger partial charge < -0.3 is 4.74 Å². The van der Waals surface area contributed by atoms with Crippen LogP contribution in [-0.2, 0) is 4.79 Å². The first-order valence-corrected chi connectivity index (χ1v) is 11.3. The number of nitrogens with zero attached hydrogens (tertiary/aromatic N) is 5.